The molecular weight excluding hydrogens is 392 g/mol. The molecule has 6 heteroatoms. The van der Waals surface area contributed by atoms with Gasteiger partial charge in [-0.1, -0.05) is 36.4 Å². The Morgan fingerprint density at radius 1 is 1.06 bits per heavy atom. The summed E-state index contributed by atoms with van der Waals surface area (Å²) in [7, 11) is 0. The van der Waals surface area contributed by atoms with E-state index in [9.17, 15) is 4.79 Å². The highest BCUT2D eigenvalue weighted by molar-refractivity contribution is 5.76. The summed E-state index contributed by atoms with van der Waals surface area (Å²) in [6.45, 7) is 6.96. The van der Waals surface area contributed by atoms with Gasteiger partial charge in [0.15, 0.2) is 23.1 Å². The van der Waals surface area contributed by atoms with Gasteiger partial charge in [-0.25, -0.2) is 4.98 Å². The number of carbonyl (C=O) groups excluding carboxylic acids is 1. The zero-order valence-electron chi connectivity index (χ0n) is 18.4. The number of oxazole rings is 1. The van der Waals surface area contributed by atoms with Crippen LogP contribution in [-0.2, 0) is 11.2 Å². The predicted molar refractivity (Wildman–Crippen MR) is 120 cm³/mol. The topological polar surface area (TPSA) is 73.6 Å². The summed E-state index contributed by atoms with van der Waals surface area (Å²) in [5.74, 6) is 2.80. The van der Waals surface area contributed by atoms with Crippen LogP contribution >= 0.6 is 0 Å². The molecule has 1 amide bonds. The van der Waals surface area contributed by atoms with E-state index in [0.717, 1.165) is 16.9 Å². The summed E-state index contributed by atoms with van der Waals surface area (Å²) >= 11 is 0. The fourth-order valence-electron chi connectivity index (χ4n) is 3.30. The summed E-state index contributed by atoms with van der Waals surface area (Å²) in [6, 6.07) is 15.5. The molecule has 2 aromatic carbocycles. The van der Waals surface area contributed by atoms with Gasteiger partial charge in [0.2, 0.25) is 5.91 Å². The number of nitrogens with zero attached hydrogens (tertiary/aromatic N) is 1. The van der Waals surface area contributed by atoms with E-state index in [1.165, 1.54) is 0 Å². The first-order valence-electron chi connectivity index (χ1n) is 10.8. The Labute approximate surface area is 183 Å². The van der Waals surface area contributed by atoms with Gasteiger partial charge in [-0.3, -0.25) is 4.79 Å². The molecule has 0 aliphatic carbocycles. The molecule has 1 aromatic heterocycles. The monoisotopic (exact) mass is 422 g/mol. The van der Waals surface area contributed by atoms with E-state index >= 15 is 0 Å². The van der Waals surface area contributed by atoms with Crippen molar-refractivity contribution in [1.82, 2.24) is 10.3 Å². The van der Waals surface area contributed by atoms with Crippen molar-refractivity contribution in [1.29, 1.82) is 0 Å². The molecule has 0 aliphatic rings. The quantitative estimate of drug-likeness (QED) is 0.452. The molecule has 1 unspecified atom stereocenters. The van der Waals surface area contributed by atoms with Crippen LogP contribution < -0.4 is 14.8 Å². The highest BCUT2D eigenvalue weighted by Gasteiger charge is 2.14. The van der Waals surface area contributed by atoms with Crippen LogP contribution in [0.2, 0.25) is 0 Å². The number of hydrogen-bond donors (Lipinski definition) is 1. The van der Waals surface area contributed by atoms with Crippen LogP contribution in [0.4, 0.5) is 0 Å². The molecule has 0 saturated carbocycles. The van der Waals surface area contributed by atoms with Gasteiger partial charge >= 0.3 is 0 Å². The predicted octanol–water partition coefficient (Wildman–Crippen LogP) is 5.34. The highest BCUT2D eigenvalue weighted by Crippen LogP contribution is 2.30. The lowest BCUT2D eigenvalue weighted by Crippen LogP contribution is -2.26. The van der Waals surface area contributed by atoms with Crippen LogP contribution in [0, 0.1) is 0 Å². The van der Waals surface area contributed by atoms with E-state index in [0.29, 0.717) is 49.9 Å². The number of amides is 1. The van der Waals surface area contributed by atoms with E-state index in [1.54, 1.807) is 6.20 Å². The smallest absolute Gasteiger partial charge is 0.220 e. The number of benzene rings is 2. The summed E-state index contributed by atoms with van der Waals surface area (Å²) in [6.07, 6.45) is 3.42. The first kappa shape index (κ1) is 22.4. The fourth-order valence-corrected chi connectivity index (χ4v) is 3.30. The first-order chi connectivity index (χ1) is 15.1. The van der Waals surface area contributed by atoms with Gasteiger partial charge in [0.25, 0.3) is 0 Å². The van der Waals surface area contributed by atoms with Crippen molar-refractivity contribution in [3.05, 3.63) is 66.2 Å². The molecule has 0 saturated heterocycles. The van der Waals surface area contributed by atoms with Crippen molar-refractivity contribution in [2.45, 2.75) is 46.1 Å². The average molecular weight is 423 g/mol. The van der Waals surface area contributed by atoms with Crippen molar-refractivity contribution in [2.75, 3.05) is 13.2 Å². The lowest BCUT2D eigenvalue weighted by atomic mass is 10.1. The molecule has 1 atom stereocenters. The molecular formula is C25H30N2O4. The largest absolute Gasteiger partial charge is 0.490 e. The molecule has 0 aliphatic heterocycles. The van der Waals surface area contributed by atoms with Gasteiger partial charge in [-0.05, 0) is 44.9 Å². The van der Waals surface area contributed by atoms with Crippen molar-refractivity contribution < 1.29 is 18.7 Å². The molecule has 0 fully saturated rings. The summed E-state index contributed by atoms with van der Waals surface area (Å²) < 4.78 is 17.1. The summed E-state index contributed by atoms with van der Waals surface area (Å²) in [5, 5.41) is 3.05. The van der Waals surface area contributed by atoms with E-state index in [4.69, 9.17) is 13.9 Å². The Morgan fingerprint density at radius 3 is 2.55 bits per heavy atom. The van der Waals surface area contributed by atoms with Crippen LogP contribution in [0.5, 0.6) is 11.5 Å². The Bertz CT molecular complexity index is 969. The molecule has 6 nitrogen and oxygen atoms in total. The molecule has 0 radical (unpaired) electrons. The molecule has 31 heavy (non-hydrogen) atoms. The molecule has 3 aromatic rings. The molecule has 0 bridgehead atoms. The maximum atomic E-state index is 12.4. The lowest BCUT2D eigenvalue weighted by Gasteiger charge is -2.17. The van der Waals surface area contributed by atoms with E-state index < -0.39 is 0 Å². The Kier molecular flexibility index (Phi) is 8.10. The number of ether oxygens (including phenoxy) is 2. The number of carbonyl (C=O) groups is 1. The minimum absolute atomic E-state index is 0.00539. The zero-order valence-corrected chi connectivity index (χ0v) is 18.4. The van der Waals surface area contributed by atoms with Crippen LogP contribution in [0.25, 0.3) is 11.3 Å². The number of nitrogens with one attached hydrogen (secondary N) is 1. The second kappa shape index (κ2) is 11.2. The van der Waals surface area contributed by atoms with Gasteiger partial charge in [0, 0.05) is 18.4 Å². The second-order valence-electron chi connectivity index (χ2n) is 7.20. The van der Waals surface area contributed by atoms with Gasteiger partial charge in [-0.2, -0.15) is 0 Å². The second-order valence-corrected chi connectivity index (χ2v) is 7.20. The Hall–Kier alpha value is -3.28. The standard InChI is InChI=1S/C25H30N2O4/c1-4-29-21-15-14-20(16-22(21)30-5-2)18(3)27-24(28)12-9-13-25-26-17-23(31-25)19-10-7-6-8-11-19/h6-8,10-11,14-18H,4-5,9,12-13H2,1-3H3,(H,27,28). The van der Waals surface area contributed by atoms with E-state index in [-0.39, 0.29) is 11.9 Å². The maximum Gasteiger partial charge on any atom is 0.220 e. The Balaban J connectivity index is 1.49. The Morgan fingerprint density at radius 2 is 1.81 bits per heavy atom. The van der Waals surface area contributed by atoms with Gasteiger partial charge in [0.05, 0.1) is 25.5 Å². The van der Waals surface area contributed by atoms with E-state index in [1.807, 2.05) is 69.3 Å². The summed E-state index contributed by atoms with van der Waals surface area (Å²) in [4.78, 5) is 16.7. The number of aryl methyl sites for hydroxylation is 1. The van der Waals surface area contributed by atoms with Crippen molar-refractivity contribution >= 4 is 5.91 Å². The van der Waals surface area contributed by atoms with Gasteiger partial charge < -0.3 is 19.2 Å². The third-order valence-electron chi connectivity index (χ3n) is 4.85. The third-order valence-corrected chi connectivity index (χ3v) is 4.85. The number of hydrogen-bond acceptors (Lipinski definition) is 5. The zero-order chi connectivity index (χ0) is 22.1. The maximum absolute atomic E-state index is 12.4. The van der Waals surface area contributed by atoms with E-state index in [2.05, 4.69) is 10.3 Å². The van der Waals surface area contributed by atoms with Crippen molar-refractivity contribution in [3.63, 3.8) is 0 Å². The fraction of sp³-hybridized carbons (Fsp3) is 0.360. The third kappa shape index (κ3) is 6.35. The number of aromatic nitrogens is 1. The van der Waals surface area contributed by atoms with Crippen molar-refractivity contribution in [3.8, 4) is 22.8 Å². The molecule has 3 rings (SSSR count). The van der Waals surface area contributed by atoms with Crippen LogP contribution in [0.1, 0.15) is 51.1 Å². The van der Waals surface area contributed by atoms with Crippen LogP contribution in [0.3, 0.4) is 0 Å². The van der Waals surface area contributed by atoms with Crippen LogP contribution in [0.15, 0.2) is 59.1 Å². The SMILES string of the molecule is CCOc1ccc(C(C)NC(=O)CCCc2ncc(-c3ccccc3)o2)cc1OCC. The number of rotatable bonds is 11. The molecule has 1 heterocycles. The molecule has 164 valence electrons. The van der Waals surface area contributed by atoms with Gasteiger partial charge in [0.1, 0.15) is 0 Å². The molecule has 1 N–H and O–H groups in total. The minimum Gasteiger partial charge on any atom is -0.490 e. The highest BCUT2D eigenvalue weighted by atomic mass is 16.5. The van der Waals surface area contributed by atoms with Gasteiger partial charge in [-0.15, -0.1) is 0 Å². The van der Waals surface area contributed by atoms with Crippen LogP contribution in [-0.4, -0.2) is 24.1 Å². The first-order valence-corrected chi connectivity index (χ1v) is 10.8. The minimum atomic E-state index is -0.131. The normalized spacial score (nSPS) is 11.7. The average Bonchev–Trinajstić information content (AvgIpc) is 3.25. The summed E-state index contributed by atoms with van der Waals surface area (Å²) in [5.41, 5.74) is 1.97. The van der Waals surface area contributed by atoms with Crippen molar-refractivity contribution in [2.24, 2.45) is 0 Å². The lowest BCUT2D eigenvalue weighted by molar-refractivity contribution is -0.121. The molecule has 0 spiro atoms.